The van der Waals surface area contributed by atoms with Crippen LogP contribution in [0.1, 0.15) is 23.4 Å². The fourth-order valence-electron chi connectivity index (χ4n) is 1.81. The molecular weight excluding hydrogens is 294 g/mol. The van der Waals surface area contributed by atoms with E-state index in [1.165, 1.54) is 0 Å². The highest BCUT2D eigenvalue weighted by atomic mass is 35.5. The molecular formula is C15H16ClNO2S. The second kappa shape index (κ2) is 6.77. The highest BCUT2D eigenvalue weighted by Gasteiger charge is 2.11. The summed E-state index contributed by atoms with van der Waals surface area (Å²) < 4.78 is 5.50. The first-order valence-corrected chi connectivity index (χ1v) is 7.53. The van der Waals surface area contributed by atoms with E-state index in [1.807, 2.05) is 37.4 Å². The smallest absolute Gasteiger partial charge is 0.258 e. The van der Waals surface area contributed by atoms with Crippen molar-refractivity contribution in [3.63, 3.8) is 0 Å². The Balaban J connectivity index is 1.86. The fraction of sp³-hybridized carbons (Fsp3) is 0.267. The standard InChI is InChI=1S/C15H16ClNO2S/c1-10-8-12(16)5-6-13(10)19-9-15(18)17-11(2)14-4-3-7-20-14/h3-8,11H,9H2,1-2H3,(H,17,18). The predicted octanol–water partition coefficient (Wildman–Crippen LogP) is 3.97. The maximum Gasteiger partial charge on any atom is 0.258 e. The van der Waals surface area contributed by atoms with Gasteiger partial charge in [-0.2, -0.15) is 0 Å². The normalized spacial score (nSPS) is 11.9. The third-order valence-corrected chi connectivity index (χ3v) is 4.13. The van der Waals surface area contributed by atoms with Gasteiger partial charge >= 0.3 is 0 Å². The third kappa shape index (κ3) is 3.99. The van der Waals surface area contributed by atoms with Gasteiger partial charge in [-0.15, -0.1) is 11.3 Å². The van der Waals surface area contributed by atoms with Crippen molar-refractivity contribution in [2.75, 3.05) is 6.61 Å². The highest BCUT2D eigenvalue weighted by molar-refractivity contribution is 7.10. The Bertz CT molecular complexity index is 584. The summed E-state index contributed by atoms with van der Waals surface area (Å²) in [4.78, 5) is 13.0. The Hall–Kier alpha value is -1.52. The number of ether oxygens (including phenoxy) is 1. The zero-order valence-corrected chi connectivity index (χ0v) is 12.9. The molecule has 0 fully saturated rings. The Kier molecular flexibility index (Phi) is 5.04. The van der Waals surface area contributed by atoms with Crippen molar-refractivity contribution in [2.24, 2.45) is 0 Å². The summed E-state index contributed by atoms with van der Waals surface area (Å²) in [5.41, 5.74) is 0.914. The lowest BCUT2D eigenvalue weighted by Crippen LogP contribution is -2.30. The van der Waals surface area contributed by atoms with Crippen LogP contribution in [-0.2, 0) is 4.79 Å². The van der Waals surface area contributed by atoms with Crippen LogP contribution in [0.5, 0.6) is 5.75 Å². The van der Waals surface area contributed by atoms with E-state index in [2.05, 4.69) is 5.32 Å². The number of benzene rings is 1. The van der Waals surface area contributed by atoms with Gasteiger partial charge in [0.05, 0.1) is 6.04 Å². The molecule has 1 atom stereocenters. The van der Waals surface area contributed by atoms with E-state index in [0.29, 0.717) is 10.8 Å². The zero-order chi connectivity index (χ0) is 14.5. The van der Waals surface area contributed by atoms with Gasteiger partial charge in [0.15, 0.2) is 6.61 Å². The number of thiophene rings is 1. The van der Waals surface area contributed by atoms with Gasteiger partial charge < -0.3 is 10.1 Å². The number of halogens is 1. The average Bonchev–Trinajstić information content (AvgIpc) is 2.91. The molecule has 1 amide bonds. The molecule has 0 spiro atoms. The Labute approximate surface area is 127 Å². The van der Waals surface area contributed by atoms with Crippen molar-refractivity contribution >= 4 is 28.8 Å². The highest BCUT2D eigenvalue weighted by Crippen LogP contribution is 2.22. The number of hydrogen-bond donors (Lipinski definition) is 1. The summed E-state index contributed by atoms with van der Waals surface area (Å²) in [6.07, 6.45) is 0. The van der Waals surface area contributed by atoms with Crippen molar-refractivity contribution in [1.29, 1.82) is 0 Å². The van der Waals surface area contributed by atoms with Gasteiger partial charge in [-0.1, -0.05) is 17.7 Å². The van der Waals surface area contributed by atoms with Crippen LogP contribution >= 0.6 is 22.9 Å². The minimum absolute atomic E-state index is 0.00180. The Morgan fingerprint density at radius 2 is 2.25 bits per heavy atom. The maximum absolute atomic E-state index is 11.8. The molecule has 20 heavy (non-hydrogen) atoms. The summed E-state index contributed by atoms with van der Waals surface area (Å²) in [5, 5.41) is 5.55. The number of amides is 1. The molecule has 2 aromatic rings. The van der Waals surface area contributed by atoms with E-state index in [0.717, 1.165) is 10.4 Å². The van der Waals surface area contributed by atoms with E-state index in [4.69, 9.17) is 16.3 Å². The van der Waals surface area contributed by atoms with Gasteiger partial charge in [0.2, 0.25) is 0 Å². The number of rotatable bonds is 5. The van der Waals surface area contributed by atoms with Crippen LogP contribution < -0.4 is 10.1 Å². The minimum Gasteiger partial charge on any atom is -0.484 e. The van der Waals surface area contributed by atoms with Crippen molar-refractivity contribution in [3.05, 3.63) is 51.2 Å². The largest absolute Gasteiger partial charge is 0.484 e. The van der Waals surface area contributed by atoms with Crippen molar-refractivity contribution in [2.45, 2.75) is 19.9 Å². The lowest BCUT2D eigenvalue weighted by molar-refractivity contribution is -0.123. The van der Waals surface area contributed by atoms with E-state index in [1.54, 1.807) is 23.5 Å². The molecule has 0 aliphatic heterocycles. The first kappa shape index (κ1) is 14.9. The van der Waals surface area contributed by atoms with Crippen molar-refractivity contribution in [1.82, 2.24) is 5.32 Å². The summed E-state index contributed by atoms with van der Waals surface area (Å²) in [5.74, 6) is 0.536. The molecule has 2 rings (SSSR count). The predicted molar refractivity (Wildman–Crippen MR) is 82.6 cm³/mol. The van der Waals surface area contributed by atoms with Crippen LogP contribution in [0.2, 0.25) is 5.02 Å². The quantitative estimate of drug-likeness (QED) is 0.907. The van der Waals surface area contributed by atoms with Gasteiger partial charge in [-0.25, -0.2) is 0 Å². The molecule has 0 saturated heterocycles. The third-order valence-electron chi connectivity index (χ3n) is 2.84. The Morgan fingerprint density at radius 3 is 2.90 bits per heavy atom. The molecule has 3 nitrogen and oxygen atoms in total. The van der Waals surface area contributed by atoms with Gasteiger partial charge in [0.1, 0.15) is 5.75 Å². The molecule has 106 valence electrons. The Morgan fingerprint density at radius 1 is 1.45 bits per heavy atom. The molecule has 1 heterocycles. The molecule has 1 aromatic carbocycles. The number of hydrogen-bond acceptors (Lipinski definition) is 3. The van der Waals surface area contributed by atoms with Crippen LogP contribution in [-0.4, -0.2) is 12.5 Å². The van der Waals surface area contributed by atoms with E-state index in [9.17, 15) is 4.79 Å². The molecule has 1 N–H and O–H groups in total. The molecule has 0 radical (unpaired) electrons. The number of nitrogens with one attached hydrogen (secondary N) is 1. The summed E-state index contributed by atoms with van der Waals surface area (Å²) >= 11 is 7.49. The van der Waals surface area contributed by atoms with Gasteiger partial charge in [-0.3, -0.25) is 4.79 Å². The summed E-state index contributed by atoms with van der Waals surface area (Å²) in [6, 6.07) is 9.29. The van der Waals surface area contributed by atoms with Gasteiger partial charge in [-0.05, 0) is 49.1 Å². The molecule has 0 aliphatic rings. The van der Waals surface area contributed by atoms with E-state index >= 15 is 0 Å². The van der Waals surface area contributed by atoms with Crippen LogP contribution in [0.15, 0.2) is 35.7 Å². The van der Waals surface area contributed by atoms with Gasteiger partial charge in [0.25, 0.3) is 5.91 Å². The lowest BCUT2D eigenvalue weighted by Gasteiger charge is -2.13. The summed E-state index contributed by atoms with van der Waals surface area (Å²) in [6.45, 7) is 3.85. The van der Waals surface area contributed by atoms with Crippen LogP contribution in [0, 0.1) is 6.92 Å². The van der Waals surface area contributed by atoms with E-state index in [-0.39, 0.29) is 18.6 Å². The van der Waals surface area contributed by atoms with Crippen LogP contribution in [0.3, 0.4) is 0 Å². The van der Waals surface area contributed by atoms with Crippen molar-refractivity contribution in [3.8, 4) is 5.75 Å². The zero-order valence-electron chi connectivity index (χ0n) is 11.4. The van der Waals surface area contributed by atoms with Crippen molar-refractivity contribution < 1.29 is 9.53 Å². The van der Waals surface area contributed by atoms with Crippen LogP contribution in [0.4, 0.5) is 0 Å². The molecule has 0 aliphatic carbocycles. The molecule has 5 heteroatoms. The second-order valence-corrected chi connectivity index (χ2v) is 5.92. The summed E-state index contributed by atoms with van der Waals surface area (Å²) in [7, 11) is 0. The monoisotopic (exact) mass is 309 g/mol. The number of carbonyl (C=O) groups excluding carboxylic acids is 1. The average molecular weight is 310 g/mol. The molecule has 1 unspecified atom stereocenters. The molecule has 0 saturated carbocycles. The topological polar surface area (TPSA) is 38.3 Å². The van der Waals surface area contributed by atoms with E-state index < -0.39 is 0 Å². The number of aryl methyl sites for hydroxylation is 1. The molecule has 0 bridgehead atoms. The minimum atomic E-state index is -0.139. The first-order chi connectivity index (χ1) is 9.56. The van der Waals surface area contributed by atoms with Crippen LogP contribution in [0.25, 0.3) is 0 Å². The maximum atomic E-state index is 11.8. The SMILES string of the molecule is Cc1cc(Cl)ccc1OCC(=O)NC(C)c1cccs1. The molecule has 1 aromatic heterocycles. The fourth-order valence-corrected chi connectivity index (χ4v) is 2.77. The second-order valence-electron chi connectivity index (χ2n) is 4.50. The lowest BCUT2D eigenvalue weighted by atomic mass is 10.2. The van der Waals surface area contributed by atoms with Gasteiger partial charge in [0, 0.05) is 9.90 Å². The number of carbonyl (C=O) groups is 1. The first-order valence-electron chi connectivity index (χ1n) is 6.28.